The third kappa shape index (κ3) is 3.26. The highest BCUT2D eigenvalue weighted by molar-refractivity contribution is 5.91. The van der Waals surface area contributed by atoms with Gasteiger partial charge < -0.3 is 19.7 Å². The number of methoxy groups -OCH3 is 1. The van der Waals surface area contributed by atoms with E-state index in [9.17, 15) is 14.7 Å². The molecule has 3 N–H and O–H groups in total. The molecule has 0 aromatic carbocycles. The van der Waals surface area contributed by atoms with Gasteiger partial charge in [-0.1, -0.05) is 6.07 Å². The Bertz CT molecular complexity index is 730. The van der Waals surface area contributed by atoms with E-state index in [2.05, 4.69) is 15.5 Å². The fraction of sp³-hybridized carbons (Fsp3) is 0.400. The van der Waals surface area contributed by atoms with Crippen molar-refractivity contribution in [2.75, 3.05) is 7.11 Å². The molecule has 8 heteroatoms. The lowest BCUT2D eigenvalue weighted by Crippen LogP contribution is -2.41. The molecule has 1 amide bonds. The van der Waals surface area contributed by atoms with Gasteiger partial charge in [-0.2, -0.15) is 5.16 Å². The SMILES string of the molecule is COc1ccc([C@H](NC(=O)c2cc(=O)[nH]o2)C2CC(O)C2)cn1. The number of ether oxygens (including phenoxy) is 1. The summed E-state index contributed by atoms with van der Waals surface area (Å²) in [5, 5.41) is 14.5. The second-order valence-electron chi connectivity index (χ2n) is 5.55. The van der Waals surface area contributed by atoms with Crippen LogP contribution in [-0.2, 0) is 0 Å². The molecule has 2 heterocycles. The van der Waals surface area contributed by atoms with Crippen LogP contribution in [0.5, 0.6) is 5.88 Å². The van der Waals surface area contributed by atoms with Crippen molar-refractivity contribution in [2.45, 2.75) is 25.0 Å². The van der Waals surface area contributed by atoms with Gasteiger partial charge in [-0.05, 0) is 24.3 Å². The fourth-order valence-corrected chi connectivity index (χ4v) is 2.68. The fourth-order valence-electron chi connectivity index (χ4n) is 2.68. The molecule has 8 nitrogen and oxygen atoms in total. The summed E-state index contributed by atoms with van der Waals surface area (Å²) in [4.78, 5) is 27.4. The first kappa shape index (κ1) is 15.3. The van der Waals surface area contributed by atoms with Crippen molar-refractivity contribution < 1.29 is 19.2 Å². The number of H-pyrrole nitrogens is 1. The predicted octanol–water partition coefficient (Wildman–Crippen LogP) is 0.613. The minimum absolute atomic E-state index is 0.0821. The Labute approximate surface area is 131 Å². The lowest BCUT2D eigenvalue weighted by molar-refractivity contribution is 0.0231. The van der Waals surface area contributed by atoms with Crippen LogP contribution in [0.3, 0.4) is 0 Å². The van der Waals surface area contributed by atoms with Crippen molar-refractivity contribution in [1.29, 1.82) is 0 Å². The number of aliphatic hydroxyl groups is 1. The topological polar surface area (TPSA) is 117 Å². The molecule has 0 spiro atoms. The Hall–Kier alpha value is -2.61. The Morgan fingerprint density at radius 2 is 2.30 bits per heavy atom. The molecule has 0 aliphatic heterocycles. The Morgan fingerprint density at radius 3 is 2.83 bits per heavy atom. The summed E-state index contributed by atoms with van der Waals surface area (Å²) >= 11 is 0. The molecule has 1 saturated carbocycles. The summed E-state index contributed by atoms with van der Waals surface area (Å²) in [7, 11) is 1.53. The molecule has 1 aliphatic carbocycles. The number of carbonyl (C=O) groups is 1. The standard InChI is InChI=1S/C15H17N3O5/c1-22-13-3-2-8(7-16-13)14(9-4-10(19)5-9)17-15(21)11-6-12(20)18-23-11/h2-3,6-7,9-10,14,19H,4-5H2,1H3,(H,17,21)(H,18,20)/t9?,10?,14-/m0/s1. The highest BCUT2D eigenvalue weighted by Crippen LogP contribution is 2.38. The van der Waals surface area contributed by atoms with E-state index in [1.165, 1.54) is 7.11 Å². The maximum absolute atomic E-state index is 12.2. The first-order chi connectivity index (χ1) is 11.1. The van der Waals surface area contributed by atoms with Crippen LogP contribution in [0, 0.1) is 5.92 Å². The number of hydrogen-bond acceptors (Lipinski definition) is 6. The van der Waals surface area contributed by atoms with Gasteiger partial charge in [0.25, 0.3) is 11.5 Å². The minimum atomic E-state index is -0.495. The van der Waals surface area contributed by atoms with E-state index in [4.69, 9.17) is 9.26 Å². The monoisotopic (exact) mass is 319 g/mol. The van der Waals surface area contributed by atoms with Gasteiger partial charge in [0.2, 0.25) is 11.6 Å². The van der Waals surface area contributed by atoms with Gasteiger partial charge >= 0.3 is 0 Å². The third-order valence-corrected chi connectivity index (χ3v) is 3.98. The first-order valence-electron chi connectivity index (χ1n) is 7.24. The van der Waals surface area contributed by atoms with Gasteiger partial charge in [-0.15, -0.1) is 0 Å². The number of carbonyl (C=O) groups excluding carboxylic acids is 1. The molecule has 122 valence electrons. The number of nitrogens with one attached hydrogen (secondary N) is 2. The second-order valence-corrected chi connectivity index (χ2v) is 5.55. The molecule has 1 atom stereocenters. The molecular weight excluding hydrogens is 302 g/mol. The van der Waals surface area contributed by atoms with Crippen molar-refractivity contribution in [3.8, 4) is 5.88 Å². The smallest absolute Gasteiger partial charge is 0.290 e. The molecular formula is C15H17N3O5. The minimum Gasteiger partial charge on any atom is -0.481 e. The summed E-state index contributed by atoms with van der Waals surface area (Å²) in [6, 6.07) is 4.28. The molecule has 1 aliphatic rings. The second kappa shape index (κ2) is 6.25. The van der Waals surface area contributed by atoms with Crippen LogP contribution in [0.1, 0.15) is 35.0 Å². The first-order valence-corrected chi connectivity index (χ1v) is 7.24. The third-order valence-electron chi connectivity index (χ3n) is 3.98. The Balaban J connectivity index is 1.80. The van der Waals surface area contributed by atoms with Crippen molar-refractivity contribution in [2.24, 2.45) is 5.92 Å². The van der Waals surface area contributed by atoms with E-state index in [0.29, 0.717) is 18.7 Å². The van der Waals surface area contributed by atoms with Gasteiger partial charge in [0, 0.05) is 12.3 Å². The highest BCUT2D eigenvalue weighted by Gasteiger charge is 2.36. The van der Waals surface area contributed by atoms with E-state index in [0.717, 1.165) is 11.6 Å². The summed E-state index contributed by atoms with van der Waals surface area (Å²) in [5.41, 5.74) is 0.325. The van der Waals surface area contributed by atoms with Crippen LogP contribution in [0.15, 0.2) is 33.7 Å². The van der Waals surface area contributed by atoms with E-state index in [-0.39, 0.29) is 23.8 Å². The maximum Gasteiger partial charge on any atom is 0.290 e. The number of pyridine rings is 1. The van der Waals surface area contributed by atoms with Crippen molar-refractivity contribution in [1.82, 2.24) is 15.5 Å². The summed E-state index contributed by atoms with van der Waals surface area (Å²) < 4.78 is 9.84. The van der Waals surface area contributed by atoms with E-state index in [1.807, 2.05) is 6.07 Å². The number of aromatic nitrogens is 2. The van der Waals surface area contributed by atoms with Crippen LogP contribution >= 0.6 is 0 Å². The molecule has 2 aromatic rings. The molecule has 0 radical (unpaired) electrons. The zero-order valence-electron chi connectivity index (χ0n) is 12.5. The summed E-state index contributed by atoms with van der Waals surface area (Å²) in [6.45, 7) is 0. The molecule has 2 aromatic heterocycles. The van der Waals surface area contributed by atoms with Crippen molar-refractivity contribution in [3.05, 3.63) is 46.1 Å². The Morgan fingerprint density at radius 1 is 1.52 bits per heavy atom. The van der Waals surface area contributed by atoms with Gasteiger partial charge in [0.15, 0.2) is 0 Å². The van der Waals surface area contributed by atoms with Crippen LogP contribution < -0.4 is 15.6 Å². The zero-order valence-corrected chi connectivity index (χ0v) is 12.5. The number of rotatable bonds is 5. The molecule has 0 unspecified atom stereocenters. The highest BCUT2D eigenvalue weighted by atomic mass is 16.5. The molecule has 23 heavy (non-hydrogen) atoms. The average molecular weight is 319 g/mol. The van der Waals surface area contributed by atoms with Crippen LogP contribution in [0.4, 0.5) is 0 Å². The van der Waals surface area contributed by atoms with Gasteiger partial charge in [-0.25, -0.2) is 4.98 Å². The number of aromatic amines is 1. The summed E-state index contributed by atoms with van der Waals surface area (Å²) in [6.07, 6.45) is 2.46. The molecule has 1 fully saturated rings. The van der Waals surface area contributed by atoms with Crippen LogP contribution in [0.2, 0.25) is 0 Å². The molecule has 3 rings (SSSR count). The van der Waals surface area contributed by atoms with Crippen molar-refractivity contribution in [3.63, 3.8) is 0 Å². The number of nitrogens with zero attached hydrogens (tertiary/aromatic N) is 1. The van der Waals surface area contributed by atoms with E-state index >= 15 is 0 Å². The number of amides is 1. The lowest BCUT2D eigenvalue weighted by Gasteiger charge is -2.38. The number of aliphatic hydroxyl groups excluding tert-OH is 1. The quantitative estimate of drug-likeness (QED) is 0.743. The normalized spacial score (nSPS) is 21.3. The number of hydrogen-bond donors (Lipinski definition) is 3. The van der Waals surface area contributed by atoms with Gasteiger partial charge in [-0.3, -0.25) is 9.59 Å². The predicted molar refractivity (Wildman–Crippen MR) is 79.1 cm³/mol. The average Bonchev–Trinajstić information content (AvgIpc) is 2.96. The lowest BCUT2D eigenvalue weighted by atomic mass is 9.75. The van der Waals surface area contributed by atoms with Gasteiger partial charge in [0.1, 0.15) is 0 Å². The van der Waals surface area contributed by atoms with Crippen LogP contribution in [-0.4, -0.2) is 34.4 Å². The molecule has 0 saturated heterocycles. The van der Waals surface area contributed by atoms with Crippen molar-refractivity contribution >= 4 is 5.91 Å². The van der Waals surface area contributed by atoms with E-state index in [1.54, 1.807) is 12.3 Å². The largest absolute Gasteiger partial charge is 0.481 e. The maximum atomic E-state index is 12.2. The molecule has 0 bridgehead atoms. The van der Waals surface area contributed by atoms with Gasteiger partial charge in [0.05, 0.1) is 25.3 Å². The van der Waals surface area contributed by atoms with Crippen LogP contribution in [0.25, 0.3) is 0 Å². The Kier molecular flexibility index (Phi) is 4.16. The summed E-state index contributed by atoms with van der Waals surface area (Å²) in [5.74, 6) is -0.00851. The zero-order chi connectivity index (χ0) is 16.4. The van der Waals surface area contributed by atoms with E-state index < -0.39 is 11.5 Å².